The van der Waals surface area contributed by atoms with Gasteiger partial charge in [-0.3, -0.25) is 0 Å². The third-order valence-corrected chi connectivity index (χ3v) is 1.55. The largest absolute Gasteiger partial charge is 0.498 e. The fourth-order valence-electron chi connectivity index (χ4n) is 0.917. The van der Waals surface area contributed by atoms with Gasteiger partial charge in [0.2, 0.25) is 0 Å². The molecule has 0 amide bonds. The van der Waals surface area contributed by atoms with Gasteiger partial charge in [0.05, 0.1) is 19.3 Å². The highest BCUT2D eigenvalue weighted by molar-refractivity contribution is 5.88. The van der Waals surface area contributed by atoms with Crippen molar-refractivity contribution in [2.45, 2.75) is 27.2 Å². The quantitative estimate of drug-likeness (QED) is 0.369. The van der Waals surface area contributed by atoms with E-state index in [4.69, 9.17) is 4.74 Å². The maximum absolute atomic E-state index is 11.0. The number of carbonyl (C=O) groups is 1. The Kier molecular flexibility index (Phi) is 5.17. The van der Waals surface area contributed by atoms with Crippen LogP contribution in [0.1, 0.15) is 27.2 Å². The monoisotopic (exact) mass is 172 g/mol. The Morgan fingerprint density at radius 1 is 1.33 bits per heavy atom. The van der Waals surface area contributed by atoms with Gasteiger partial charge in [0.1, 0.15) is 5.76 Å². The molecule has 0 aromatic rings. The first-order valence-corrected chi connectivity index (χ1v) is 4.08. The standard InChI is InChI=1S/C9H16O3/c1-5-8(12-6-2)7(3)9(10)11-4/h5-6H2,1-4H3. The minimum Gasteiger partial charge on any atom is -0.498 e. The van der Waals surface area contributed by atoms with Crippen molar-refractivity contribution in [1.29, 1.82) is 0 Å². The second kappa shape index (κ2) is 5.63. The molecule has 0 N–H and O–H groups in total. The lowest BCUT2D eigenvalue weighted by atomic mass is 10.2. The Balaban J connectivity index is 4.47. The number of hydrogen-bond donors (Lipinski definition) is 0. The van der Waals surface area contributed by atoms with Gasteiger partial charge in [-0.1, -0.05) is 6.92 Å². The number of ether oxygens (including phenoxy) is 2. The molecule has 3 heteroatoms. The van der Waals surface area contributed by atoms with E-state index in [-0.39, 0.29) is 5.97 Å². The zero-order valence-corrected chi connectivity index (χ0v) is 8.14. The highest BCUT2D eigenvalue weighted by Gasteiger charge is 2.09. The molecule has 12 heavy (non-hydrogen) atoms. The molecule has 0 aromatic heterocycles. The number of allylic oxidation sites excluding steroid dienone is 1. The van der Waals surface area contributed by atoms with Crippen molar-refractivity contribution in [1.82, 2.24) is 0 Å². The summed E-state index contributed by atoms with van der Waals surface area (Å²) in [6.45, 7) is 6.12. The molecule has 0 aliphatic carbocycles. The van der Waals surface area contributed by atoms with Gasteiger partial charge in [-0.25, -0.2) is 4.79 Å². The minimum atomic E-state index is -0.319. The summed E-state index contributed by atoms with van der Waals surface area (Å²) in [7, 11) is 1.37. The van der Waals surface area contributed by atoms with Crippen LogP contribution in [0.2, 0.25) is 0 Å². The average molecular weight is 172 g/mol. The first-order valence-electron chi connectivity index (χ1n) is 4.08. The topological polar surface area (TPSA) is 35.5 Å². The Hall–Kier alpha value is -0.990. The molecule has 0 aliphatic rings. The predicted molar refractivity (Wildman–Crippen MR) is 46.6 cm³/mol. The highest BCUT2D eigenvalue weighted by Crippen LogP contribution is 2.10. The van der Waals surface area contributed by atoms with Gasteiger partial charge in [0.25, 0.3) is 0 Å². The fraction of sp³-hybridized carbons (Fsp3) is 0.667. The Labute approximate surface area is 73.4 Å². The van der Waals surface area contributed by atoms with Crippen LogP contribution in [-0.2, 0) is 14.3 Å². The third-order valence-electron chi connectivity index (χ3n) is 1.55. The van der Waals surface area contributed by atoms with Crippen LogP contribution in [0.4, 0.5) is 0 Å². The van der Waals surface area contributed by atoms with Crippen molar-refractivity contribution in [2.75, 3.05) is 13.7 Å². The lowest BCUT2D eigenvalue weighted by molar-refractivity contribution is -0.136. The van der Waals surface area contributed by atoms with E-state index >= 15 is 0 Å². The molecule has 70 valence electrons. The van der Waals surface area contributed by atoms with Crippen LogP contribution in [0.15, 0.2) is 11.3 Å². The summed E-state index contributed by atoms with van der Waals surface area (Å²) in [6, 6.07) is 0. The van der Waals surface area contributed by atoms with Gasteiger partial charge in [-0.15, -0.1) is 0 Å². The van der Waals surface area contributed by atoms with Crippen molar-refractivity contribution < 1.29 is 14.3 Å². The van der Waals surface area contributed by atoms with Crippen LogP contribution in [-0.4, -0.2) is 19.7 Å². The van der Waals surface area contributed by atoms with E-state index in [2.05, 4.69) is 4.74 Å². The molecule has 0 aliphatic heterocycles. The Bertz CT molecular complexity index is 182. The predicted octanol–water partition coefficient (Wildman–Crippen LogP) is 1.88. The van der Waals surface area contributed by atoms with Crippen LogP contribution in [0.3, 0.4) is 0 Å². The normalized spacial score (nSPS) is 12.0. The third kappa shape index (κ3) is 2.95. The van der Waals surface area contributed by atoms with Crippen molar-refractivity contribution in [3.8, 4) is 0 Å². The molecular weight excluding hydrogens is 156 g/mol. The molecule has 0 rings (SSSR count). The lowest BCUT2D eigenvalue weighted by Gasteiger charge is -2.08. The second-order valence-electron chi connectivity index (χ2n) is 2.33. The minimum absolute atomic E-state index is 0.319. The van der Waals surface area contributed by atoms with E-state index in [1.165, 1.54) is 7.11 Å². The van der Waals surface area contributed by atoms with E-state index in [1.807, 2.05) is 13.8 Å². The van der Waals surface area contributed by atoms with Crippen LogP contribution < -0.4 is 0 Å². The number of esters is 1. The highest BCUT2D eigenvalue weighted by atomic mass is 16.5. The van der Waals surface area contributed by atoms with Crippen molar-refractivity contribution in [3.05, 3.63) is 11.3 Å². The van der Waals surface area contributed by atoms with Crippen LogP contribution in [0.5, 0.6) is 0 Å². The van der Waals surface area contributed by atoms with E-state index in [1.54, 1.807) is 6.92 Å². The molecule has 0 fully saturated rings. The average Bonchev–Trinajstić information content (AvgIpc) is 2.11. The molecule has 0 spiro atoms. The summed E-state index contributed by atoms with van der Waals surface area (Å²) in [4.78, 5) is 11.0. The van der Waals surface area contributed by atoms with Crippen molar-refractivity contribution in [3.63, 3.8) is 0 Å². The van der Waals surface area contributed by atoms with Gasteiger partial charge < -0.3 is 9.47 Å². The van der Waals surface area contributed by atoms with E-state index in [0.717, 1.165) is 6.42 Å². The number of carbonyl (C=O) groups excluding carboxylic acids is 1. The maximum atomic E-state index is 11.0. The number of rotatable bonds is 4. The van der Waals surface area contributed by atoms with Gasteiger partial charge in [0, 0.05) is 6.42 Å². The zero-order valence-electron chi connectivity index (χ0n) is 8.14. The lowest BCUT2D eigenvalue weighted by Crippen LogP contribution is -2.06. The number of hydrogen-bond acceptors (Lipinski definition) is 3. The number of methoxy groups -OCH3 is 1. The summed E-state index contributed by atoms with van der Waals surface area (Å²) in [5.74, 6) is 0.393. The van der Waals surface area contributed by atoms with E-state index in [9.17, 15) is 4.79 Å². The zero-order chi connectivity index (χ0) is 9.56. The summed E-state index contributed by atoms with van der Waals surface area (Å²) in [5, 5.41) is 0. The molecule has 0 bridgehead atoms. The molecule has 0 atom stereocenters. The molecule has 0 saturated carbocycles. The van der Waals surface area contributed by atoms with Gasteiger partial charge in [0.15, 0.2) is 0 Å². The fourth-order valence-corrected chi connectivity index (χ4v) is 0.917. The molecule has 0 heterocycles. The molecule has 0 unspecified atom stereocenters. The van der Waals surface area contributed by atoms with E-state index in [0.29, 0.717) is 17.9 Å². The first-order chi connectivity index (χ1) is 5.67. The molecule has 3 nitrogen and oxygen atoms in total. The molecular formula is C9H16O3. The molecule has 0 aromatic carbocycles. The van der Waals surface area contributed by atoms with Gasteiger partial charge >= 0.3 is 5.97 Å². The van der Waals surface area contributed by atoms with Crippen LogP contribution in [0, 0.1) is 0 Å². The SMILES string of the molecule is CCOC(CC)=C(C)C(=O)OC. The van der Waals surface area contributed by atoms with E-state index < -0.39 is 0 Å². The molecule has 0 saturated heterocycles. The molecule has 0 radical (unpaired) electrons. The first kappa shape index (κ1) is 11.0. The second-order valence-corrected chi connectivity index (χ2v) is 2.33. The van der Waals surface area contributed by atoms with Gasteiger partial charge in [-0.2, -0.15) is 0 Å². The Morgan fingerprint density at radius 3 is 2.25 bits per heavy atom. The Morgan fingerprint density at radius 2 is 1.92 bits per heavy atom. The summed E-state index contributed by atoms with van der Waals surface area (Å²) in [5.41, 5.74) is 0.557. The summed E-state index contributed by atoms with van der Waals surface area (Å²) in [6.07, 6.45) is 0.717. The van der Waals surface area contributed by atoms with Gasteiger partial charge in [-0.05, 0) is 13.8 Å². The summed E-state index contributed by atoms with van der Waals surface area (Å²) >= 11 is 0. The smallest absolute Gasteiger partial charge is 0.336 e. The van der Waals surface area contributed by atoms with Crippen molar-refractivity contribution >= 4 is 5.97 Å². The van der Waals surface area contributed by atoms with Crippen molar-refractivity contribution in [2.24, 2.45) is 0 Å². The summed E-state index contributed by atoms with van der Waals surface area (Å²) < 4.78 is 9.82. The van der Waals surface area contributed by atoms with Crippen LogP contribution in [0.25, 0.3) is 0 Å². The maximum Gasteiger partial charge on any atom is 0.336 e. The van der Waals surface area contributed by atoms with Crippen LogP contribution >= 0.6 is 0 Å².